The zero-order valence-corrected chi connectivity index (χ0v) is 39.7. The molecule has 1 aromatic heterocycles. The maximum Gasteiger partial charge on any atom is 0.407 e. The van der Waals surface area contributed by atoms with Crippen molar-refractivity contribution < 1.29 is 62.5 Å². The number of hydrogen-bond donors (Lipinski definition) is 4. The quantitative estimate of drug-likeness (QED) is 0.164. The Balaban J connectivity index is 1.42. The van der Waals surface area contributed by atoms with Crippen molar-refractivity contribution in [2.24, 2.45) is 23.7 Å². The molecular formula is C46H76N4O13. The van der Waals surface area contributed by atoms with Crippen LogP contribution in [0, 0.1) is 23.7 Å². The van der Waals surface area contributed by atoms with Crippen LogP contribution in [0.4, 0.5) is 4.79 Å². The number of ketones is 1. The summed E-state index contributed by atoms with van der Waals surface area (Å²) in [4.78, 5) is 47.8. The number of amides is 1. The van der Waals surface area contributed by atoms with Crippen molar-refractivity contribution in [3.05, 3.63) is 30.1 Å². The van der Waals surface area contributed by atoms with Crippen molar-refractivity contribution in [3.8, 4) is 0 Å². The van der Waals surface area contributed by atoms with E-state index in [2.05, 4.69) is 15.6 Å². The van der Waals surface area contributed by atoms with Gasteiger partial charge in [-0.2, -0.15) is 0 Å². The first-order valence-corrected chi connectivity index (χ1v) is 22.8. The average Bonchev–Trinajstić information content (AvgIpc) is 3.47. The first kappa shape index (κ1) is 51.1. The maximum atomic E-state index is 14.5. The van der Waals surface area contributed by atoms with Gasteiger partial charge in [0, 0.05) is 57.2 Å². The summed E-state index contributed by atoms with van der Waals surface area (Å²) in [6.07, 6.45) is -6.54. The van der Waals surface area contributed by atoms with Gasteiger partial charge < -0.3 is 63.6 Å². The molecule has 358 valence electrons. The number of aromatic nitrogens is 1. The molecule has 17 heteroatoms. The number of aliphatic hydroxyl groups excluding tert-OH is 1. The Kier molecular flexibility index (Phi) is 17.2. The van der Waals surface area contributed by atoms with E-state index in [0.717, 1.165) is 5.69 Å². The van der Waals surface area contributed by atoms with Gasteiger partial charge in [-0.3, -0.25) is 14.6 Å². The van der Waals surface area contributed by atoms with Gasteiger partial charge >= 0.3 is 12.1 Å². The van der Waals surface area contributed by atoms with Gasteiger partial charge in [0.25, 0.3) is 0 Å². The Morgan fingerprint density at radius 2 is 1.70 bits per heavy atom. The molecule has 17 nitrogen and oxygen atoms in total. The number of Topliss-reactive ketones (excluding diaryl/α,β-unsaturated/α-hetero) is 1. The molecule has 4 aliphatic heterocycles. The molecule has 0 aliphatic carbocycles. The predicted octanol–water partition coefficient (Wildman–Crippen LogP) is 3.75. The van der Waals surface area contributed by atoms with E-state index in [-0.39, 0.29) is 36.7 Å². The summed E-state index contributed by atoms with van der Waals surface area (Å²) in [5.74, 6) is -3.49. The Morgan fingerprint density at radius 1 is 0.984 bits per heavy atom. The van der Waals surface area contributed by atoms with Crippen molar-refractivity contribution in [1.29, 1.82) is 0 Å². The number of nitrogens with one attached hydrogen (secondary N) is 2. The Bertz CT molecular complexity index is 1670. The molecule has 5 heterocycles. The molecule has 4 saturated heterocycles. The lowest BCUT2D eigenvalue weighted by Crippen LogP contribution is -2.61. The molecule has 1 unspecified atom stereocenters. The first-order valence-electron chi connectivity index (χ1n) is 22.8. The third-order valence-electron chi connectivity index (χ3n) is 13.9. The van der Waals surface area contributed by atoms with Crippen LogP contribution in [0.25, 0.3) is 0 Å². The van der Waals surface area contributed by atoms with Crippen LogP contribution in [0.2, 0.25) is 0 Å². The second kappa shape index (κ2) is 21.2. The SMILES string of the molecule is CC[C@H]1OC(=O)[C@H](C)[C@@H](O[C@H]2C[C@@](C)(OC)C(OC(=O)NCCNCc3ccccn3)[C@H](C)O2)[C@H](C)[C@@H](O[C@@H]2O[C@H](C)C[C@H](N(C)C)[C@H]2O)[C@@](C)(O)C[C@@H](C)[C@H]2O[C@]1(C)C(=O)[C@H]2C. The van der Waals surface area contributed by atoms with Gasteiger partial charge in [-0.05, 0) is 93.0 Å². The summed E-state index contributed by atoms with van der Waals surface area (Å²) in [5.41, 5.74) is -3.28. The van der Waals surface area contributed by atoms with Crippen LogP contribution in [0.3, 0.4) is 0 Å². The van der Waals surface area contributed by atoms with Gasteiger partial charge in [-0.1, -0.05) is 33.8 Å². The zero-order valence-electron chi connectivity index (χ0n) is 39.7. The van der Waals surface area contributed by atoms with Gasteiger partial charge in [0.2, 0.25) is 0 Å². The van der Waals surface area contributed by atoms with Gasteiger partial charge in [0.1, 0.15) is 17.8 Å². The fraction of sp³-hybridized carbons (Fsp3) is 0.826. The lowest BCUT2D eigenvalue weighted by Gasteiger charge is -2.49. The van der Waals surface area contributed by atoms with E-state index in [1.54, 1.807) is 33.9 Å². The summed E-state index contributed by atoms with van der Waals surface area (Å²) in [7, 11) is 5.28. The Morgan fingerprint density at radius 3 is 2.33 bits per heavy atom. The van der Waals surface area contributed by atoms with Gasteiger partial charge in [0.05, 0.1) is 47.7 Å². The number of alkyl carbamates (subject to hydrolysis) is 1. The minimum atomic E-state index is -1.65. The van der Waals surface area contributed by atoms with E-state index in [1.807, 2.05) is 78.7 Å². The molecule has 18 atom stereocenters. The standard InChI is InChI=1S/C46H76N4O13/c1-14-33-46(10)38(52)27(4)36(63-46)25(2)22-44(8,55)39(61-42-35(51)32(50(11)12)21-26(3)57-42)28(5)37(29(6)41(53)59-33)60-34-23-45(9,56-13)40(30(7)58-34)62-43(54)49-20-19-47-24-31-17-15-16-18-48-31/h15-18,25-30,32-37,39-40,42,47,51,55H,14,19-24H2,1-13H3,(H,49,54)/t25-,26-,27+,28+,29-,30+,32+,33-,34+,35-,36-,37+,39-,40?,42+,44+,45-,46+/m1/s1. The topological polar surface area (TPSA) is 206 Å². The molecule has 0 radical (unpaired) electrons. The van der Waals surface area contributed by atoms with Crippen LogP contribution in [0.15, 0.2) is 24.4 Å². The average molecular weight is 893 g/mol. The predicted molar refractivity (Wildman–Crippen MR) is 231 cm³/mol. The van der Waals surface area contributed by atoms with Crippen molar-refractivity contribution in [2.75, 3.05) is 34.3 Å². The van der Waals surface area contributed by atoms with Gasteiger partial charge in [-0.25, -0.2) is 4.79 Å². The van der Waals surface area contributed by atoms with Gasteiger partial charge in [-0.15, -0.1) is 0 Å². The molecule has 1 aromatic rings. The van der Waals surface area contributed by atoms with Crippen molar-refractivity contribution >= 4 is 17.8 Å². The number of methoxy groups -OCH3 is 1. The molecule has 4 fully saturated rings. The highest BCUT2D eigenvalue weighted by Gasteiger charge is 2.59. The van der Waals surface area contributed by atoms with Crippen LogP contribution in [-0.4, -0.2) is 156 Å². The second-order valence-electron chi connectivity index (χ2n) is 19.3. The Hall–Kier alpha value is -2.84. The molecule has 1 amide bonds. The van der Waals surface area contributed by atoms with Gasteiger partial charge in [0.15, 0.2) is 30.1 Å². The van der Waals surface area contributed by atoms with E-state index in [4.69, 9.17) is 37.9 Å². The smallest absolute Gasteiger partial charge is 0.407 e. The van der Waals surface area contributed by atoms with Crippen molar-refractivity contribution in [1.82, 2.24) is 20.5 Å². The van der Waals surface area contributed by atoms with Crippen molar-refractivity contribution in [2.45, 2.75) is 186 Å². The number of carbonyl (C=O) groups is 3. The highest BCUT2D eigenvalue weighted by molar-refractivity contribution is 5.92. The number of cyclic esters (lactones) is 1. The van der Waals surface area contributed by atoms with Crippen LogP contribution in [0.5, 0.6) is 0 Å². The summed E-state index contributed by atoms with van der Waals surface area (Å²) in [6.45, 7) is 19.2. The number of esters is 1. The summed E-state index contributed by atoms with van der Waals surface area (Å²) in [6, 6.07) is 5.38. The molecule has 2 bridgehead atoms. The minimum Gasteiger partial charge on any atom is -0.459 e. The van der Waals surface area contributed by atoms with Crippen LogP contribution < -0.4 is 10.6 Å². The zero-order chi connectivity index (χ0) is 46.6. The number of likely N-dealkylation sites (N-methyl/N-ethyl adjacent to an activating group) is 1. The third kappa shape index (κ3) is 11.6. The third-order valence-corrected chi connectivity index (χ3v) is 13.9. The highest BCUT2D eigenvalue weighted by atomic mass is 16.7. The number of carbonyl (C=O) groups excluding carboxylic acids is 3. The first-order chi connectivity index (χ1) is 29.6. The largest absolute Gasteiger partial charge is 0.459 e. The number of fused-ring (bicyclic) bond motifs is 2. The van der Waals surface area contributed by atoms with E-state index in [1.165, 1.54) is 7.11 Å². The fourth-order valence-corrected chi connectivity index (χ4v) is 10.4. The van der Waals surface area contributed by atoms with Crippen molar-refractivity contribution in [3.63, 3.8) is 0 Å². The maximum absolute atomic E-state index is 14.5. The van der Waals surface area contributed by atoms with Crippen LogP contribution >= 0.6 is 0 Å². The van der Waals surface area contributed by atoms with Crippen LogP contribution in [-0.2, 0) is 54.0 Å². The number of ether oxygens (including phenoxy) is 8. The summed E-state index contributed by atoms with van der Waals surface area (Å²) in [5, 5.41) is 30.4. The molecular weight excluding hydrogens is 817 g/mol. The minimum absolute atomic E-state index is 0.0887. The molecule has 0 spiro atoms. The highest BCUT2D eigenvalue weighted by Crippen LogP contribution is 2.45. The lowest BCUT2D eigenvalue weighted by atomic mass is 9.75. The normalized spacial score (nSPS) is 42.8. The number of pyridine rings is 1. The molecule has 0 aromatic carbocycles. The number of hydrogen-bond acceptors (Lipinski definition) is 16. The molecule has 4 N–H and O–H groups in total. The molecule has 63 heavy (non-hydrogen) atoms. The van der Waals surface area contributed by atoms with E-state index >= 15 is 0 Å². The van der Waals surface area contributed by atoms with Crippen LogP contribution in [0.1, 0.15) is 101 Å². The Labute approximate surface area is 373 Å². The number of rotatable bonds is 13. The molecule has 4 aliphatic rings. The summed E-state index contributed by atoms with van der Waals surface area (Å²) < 4.78 is 51.2. The molecule has 0 saturated carbocycles. The number of aliphatic hydroxyl groups is 2. The van der Waals surface area contributed by atoms with E-state index in [9.17, 15) is 24.6 Å². The van der Waals surface area contributed by atoms with E-state index < -0.39 is 102 Å². The summed E-state index contributed by atoms with van der Waals surface area (Å²) >= 11 is 0. The second-order valence-corrected chi connectivity index (χ2v) is 19.3. The monoisotopic (exact) mass is 893 g/mol. The number of nitrogens with zero attached hydrogens (tertiary/aromatic N) is 2. The lowest BCUT2D eigenvalue weighted by molar-refractivity contribution is -0.317. The molecule has 5 rings (SSSR count). The fourth-order valence-electron chi connectivity index (χ4n) is 10.4. The van der Waals surface area contributed by atoms with E-state index in [0.29, 0.717) is 32.5 Å².